The predicted molar refractivity (Wildman–Crippen MR) is 120 cm³/mol. The summed E-state index contributed by atoms with van der Waals surface area (Å²) in [5, 5.41) is 12.6. The van der Waals surface area contributed by atoms with E-state index in [2.05, 4.69) is 5.32 Å². The number of methoxy groups -OCH3 is 4. The third-order valence-corrected chi connectivity index (χ3v) is 5.72. The SMILES string of the molecule is COc1ccc(-n2cc(C(=O)O)c3c2[C@H](c2cc(OC)ccc2OC)CC(=O)N3)c(OC)c1. The fourth-order valence-corrected chi connectivity index (χ4v) is 4.18. The molecule has 1 amide bonds. The predicted octanol–water partition coefficient (Wildman–Crippen LogP) is 3.68. The maximum absolute atomic E-state index is 12.7. The minimum atomic E-state index is -1.16. The molecule has 0 saturated carbocycles. The number of aromatic carboxylic acids is 1. The summed E-state index contributed by atoms with van der Waals surface area (Å²) in [6, 6.07) is 10.6. The first-order valence-corrected chi connectivity index (χ1v) is 10.1. The lowest BCUT2D eigenvalue weighted by molar-refractivity contribution is -0.116. The molecule has 0 fully saturated rings. The monoisotopic (exact) mass is 452 g/mol. The minimum absolute atomic E-state index is 0.0252. The van der Waals surface area contributed by atoms with Gasteiger partial charge in [-0.15, -0.1) is 0 Å². The number of fused-ring (bicyclic) bond motifs is 1. The van der Waals surface area contributed by atoms with Crippen molar-refractivity contribution in [1.29, 1.82) is 0 Å². The first-order chi connectivity index (χ1) is 15.9. The van der Waals surface area contributed by atoms with Crippen molar-refractivity contribution in [3.8, 4) is 28.7 Å². The van der Waals surface area contributed by atoms with Gasteiger partial charge in [0, 0.05) is 30.2 Å². The van der Waals surface area contributed by atoms with Crippen LogP contribution < -0.4 is 24.3 Å². The molecule has 3 aromatic rings. The fourth-order valence-electron chi connectivity index (χ4n) is 4.18. The van der Waals surface area contributed by atoms with Gasteiger partial charge in [0.1, 0.15) is 28.6 Å². The molecule has 33 heavy (non-hydrogen) atoms. The molecule has 172 valence electrons. The standard InChI is InChI=1S/C24H24N2O7/c1-30-13-6-8-19(32-3)15(9-13)16-11-21(27)25-22-17(24(28)29)12-26(23(16)22)18-7-5-14(31-2)10-20(18)33-4/h5-10,12,16H,11H2,1-4H3,(H,25,27)(H,28,29)/t16-/m0/s1. The van der Waals surface area contributed by atoms with Gasteiger partial charge < -0.3 is 33.9 Å². The average molecular weight is 452 g/mol. The molecule has 0 saturated heterocycles. The lowest BCUT2D eigenvalue weighted by Crippen LogP contribution is -2.26. The van der Waals surface area contributed by atoms with Crippen LogP contribution in [0.5, 0.6) is 23.0 Å². The van der Waals surface area contributed by atoms with Crippen molar-refractivity contribution in [2.24, 2.45) is 0 Å². The smallest absolute Gasteiger partial charge is 0.339 e. The van der Waals surface area contributed by atoms with E-state index in [0.29, 0.717) is 39.9 Å². The first-order valence-electron chi connectivity index (χ1n) is 10.1. The topological polar surface area (TPSA) is 108 Å². The Balaban J connectivity index is 2.02. The molecule has 0 spiro atoms. The summed E-state index contributed by atoms with van der Waals surface area (Å²) >= 11 is 0. The van der Waals surface area contributed by atoms with Gasteiger partial charge in [-0.05, 0) is 30.3 Å². The normalized spacial score (nSPS) is 14.8. The second kappa shape index (κ2) is 8.78. The van der Waals surface area contributed by atoms with Gasteiger partial charge in [-0.25, -0.2) is 4.79 Å². The van der Waals surface area contributed by atoms with E-state index in [1.54, 1.807) is 62.3 Å². The molecule has 1 aromatic heterocycles. The lowest BCUT2D eigenvalue weighted by atomic mass is 9.87. The van der Waals surface area contributed by atoms with Gasteiger partial charge in [0.05, 0.1) is 45.5 Å². The van der Waals surface area contributed by atoms with E-state index in [9.17, 15) is 14.7 Å². The first kappa shape index (κ1) is 22.1. The summed E-state index contributed by atoms with van der Waals surface area (Å²) in [5.41, 5.74) is 2.12. The third kappa shape index (κ3) is 3.82. The van der Waals surface area contributed by atoms with E-state index in [1.165, 1.54) is 13.3 Å². The van der Waals surface area contributed by atoms with E-state index >= 15 is 0 Å². The van der Waals surface area contributed by atoms with Crippen LogP contribution >= 0.6 is 0 Å². The second-order valence-electron chi connectivity index (χ2n) is 7.43. The van der Waals surface area contributed by atoms with Gasteiger partial charge in [-0.1, -0.05) is 0 Å². The van der Waals surface area contributed by atoms with Crippen LogP contribution in [0.25, 0.3) is 5.69 Å². The number of carbonyl (C=O) groups is 2. The molecule has 1 atom stereocenters. The quantitative estimate of drug-likeness (QED) is 0.563. The molecule has 2 heterocycles. The minimum Gasteiger partial charge on any atom is -0.497 e. The Morgan fingerprint density at radius 3 is 2.27 bits per heavy atom. The number of anilines is 1. The molecule has 0 bridgehead atoms. The second-order valence-corrected chi connectivity index (χ2v) is 7.43. The summed E-state index contributed by atoms with van der Waals surface area (Å²) in [5.74, 6) is 0.283. The largest absolute Gasteiger partial charge is 0.497 e. The van der Waals surface area contributed by atoms with Crippen LogP contribution in [0.4, 0.5) is 5.69 Å². The van der Waals surface area contributed by atoms with Crippen LogP contribution in [-0.4, -0.2) is 50.0 Å². The van der Waals surface area contributed by atoms with E-state index < -0.39 is 11.9 Å². The Hall–Kier alpha value is -4.14. The van der Waals surface area contributed by atoms with Gasteiger partial charge in [-0.3, -0.25) is 4.79 Å². The van der Waals surface area contributed by atoms with E-state index in [4.69, 9.17) is 18.9 Å². The lowest BCUT2D eigenvalue weighted by Gasteiger charge is -2.28. The van der Waals surface area contributed by atoms with Crippen molar-refractivity contribution in [3.05, 3.63) is 59.4 Å². The van der Waals surface area contributed by atoms with E-state index in [1.807, 2.05) is 0 Å². The Labute approximate surface area is 190 Å². The highest BCUT2D eigenvalue weighted by Crippen LogP contribution is 2.46. The van der Waals surface area contributed by atoms with Gasteiger partial charge in [0.15, 0.2) is 0 Å². The van der Waals surface area contributed by atoms with Gasteiger partial charge in [-0.2, -0.15) is 0 Å². The molecular weight excluding hydrogens is 428 g/mol. The molecule has 2 aromatic carbocycles. The summed E-state index contributed by atoms with van der Waals surface area (Å²) in [4.78, 5) is 24.7. The Bertz CT molecular complexity index is 1230. The number of carboxylic acid groups (broad SMARTS) is 1. The molecule has 0 aliphatic carbocycles. The zero-order chi connectivity index (χ0) is 23.7. The zero-order valence-corrected chi connectivity index (χ0v) is 18.7. The highest BCUT2D eigenvalue weighted by Gasteiger charge is 2.36. The fraction of sp³-hybridized carbons (Fsp3) is 0.250. The number of aromatic nitrogens is 1. The van der Waals surface area contributed by atoms with Crippen molar-refractivity contribution < 1.29 is 33.6 Å². The molecule has 0 unspecified atom stereocenters. The summed E-state index contributed by atoms with van der Waals surface area (Å²) in [6.45, 7) is 0. The summed E-state index contributed by atoms with van der Waals surface area (Å²) in [6.07, 6.45) is 1.58. The molecule has 1 aliphatic heterocycles. The highest BCUT2D eigenvalue weighted by molar-refractivity contribution is 6.04. The molecule has 0 radical (unpaired) electrons. The van der Waals surface area contributed by atoms with Crippen molar-refractivity contribution >= 4 is 17.6 Å². The van der Waals surface area contributed by atoms with Crippen molar-refractivity contribution in [2.45, 2.75) is 12.3 Å². The van der Waals surface area contributed by atoms with Crippen molar-refractivity contribution in [1.82, 2.24) is 4.57 Å². The number of benzene rings is 2. The number of rotatable bonds is 7. The summed E-state index contributed by atoms with van der Waals surface area (Å²) in [7, 11) is 6.17. The average Bonchev–Trinajstić information content (AvgIpc) is 3.21. The van der Waals surface area contributed by atoms with E-state index in [0.717, 1.165) is 0 Å². The van der Waals surface area contributed by atoms with Crippen molar-refractivity contribution in [2.75, 3.05) is 33.8 Å². The Kier molecular flexibility index (Phi) is 5.87. The van der Waals surface area contributed by atoms with E-state index in [-0.39, 0.29) is 23.6 Å². The molecule has 9 heteroatoms. The van der Waals surface area contributed by atoms with Crippen LogP contribution in [0.2, 0.25) is 0 Å². The zero-order valence-electron chi connectivity index (χ0n) is 18.7. The maximum Gasteiger partial charge on any atom is 0.339 e. The van der Waals surface area contributed by atoms with Crippen LogP contribution in [0.1, 0.15) is 34.0 Å². The molecule has 9 nitrogen and oxygen atoms in total. The third-order valence-electron chi connectivity index (χ3n) is 5.72. The van der Waals surface area contributed by atoms with Crippen LogP contribution in [-0.2, 0) is 4.79 Å². The molecule has 1 aliphatic rings. The number of ether oxygens (including phenoxy) is 4. The number of nitrogens with one attached hydrogen (secondary N) is 1. The highest BCUT2D eigenvalue weighted by atomic mass is 16.5. The number of hydrogen-bond acceptors (Lipinski definition) is 6. The van der Waals surface area contributed by atoms with Crippen LogP contribution in [0.3, 0.4) is 0 Å². The molecule has 4 rings (SSSR count). The molecular formula is C24H24N2O7. The molecule has 2 N–H and O–H groups in total. The number of carboxylic acids is 1. The number of carbonyl (C=O) groups excluding carboxylic acids is 1. The van der Waals surface area contributed by atoms with Gasteiger partial charge in [0.2, 0.25) is 5.91 Å². The van der Waals surface area contributed by atoms with Crippen LogP contribution in [0.15, 0.2) is 42.6 Å². The Morgan fingerprint density at radius 2 is 1.64 bits per heavy atom. The number of hydrogen-bond donors (Lipinski definition) is 2. The van der Waals surface area contributed by atoms with Crippen molar-refractivity contribution in [3.63, 3.8) is 0 Å². The summed E-state index contributed by atoms with van der Waals surface area (Å²) < 4.78 is 23.6. The van der Waals surface area contributed by atoms with Crippen LogP contribution in [0, 0.1) is 0 Å². The number of nitrogens with zero attached hydrogens (tertiary/aromatic N) is 1. The number of amides is 1. The maximum atomic E-state index is 12.7. The Morgan fingerprint density at radius 1 is 0.970 bits per heavy atom. The van der Waals surface area contributed by atoms with Gasteiger partial charge >= 0.3 is 5.97 Å². The van der Waals surface area contributed by atoms with Gasteiger partial charge in [0.25, 0.3) is 0 Å².